The molecule has 12 aromatic rings. The van der Waals surface area contributed by atoms with E-state index in [1.807, 2.05) is 36.4 Å². The Morgan fingerprint density at radius 2 is 0.633 bits per heavy atom. The molecule has 0 bridgehead atoms. The standard InChI is InChI=1S/C55H35N5/c1-3-19-37(20-4-1)53-56-54(38-21-5-2-6-22-38)58-55(57-53)39-34-50(59-46-30-13-9-25-41(46)42-26-10-14-31-47(42)59)52(45-29-17-23-36-18-7-8-24-40(36)45)51(35-39)60-48-32-15-11-27-43(48)44-28-12-16-33-49(44)60/h1-35H. The van der Waals surface area contributed by atoms with Crippen molar-refractivity contribution in [3.8, 4) is 56.7 Å². The highest BCUT2D eigenvalue weighted by Crippen LogP contribution is 2.45. The summed E-state index contributed by atoms with van der Waals surface area (Å²) < 4.78 is 4.89. The Morgan fingerprint density at radius 1 is 0.283 bits per heavy atom. The molecule has 0 atom stereocenters. The van der Waals surface area contributed by atoms with Crippen LogP contribution in [0.25, 0.3) is 111 Å². The van der Waals surface area contributed by atoms with Gasteiger partial charge in [0.05, 0.1) is 33.4 Å². The third-order valence-electron chi connectivity index (χ3n) is 11.8. The van der Waals surface area contributed by atoms with Crippen LogP contribution in [0.4, 0.5) is 0 Å². The van der Waals surface area contributed by atoms with Gasteiger partial charge in [-0.25, -0.2) is 15.0 Å². The molecular weight excluding hydrogens is 731 g/mol. The molecule has 60 heavy (non-hydrogen) atoms. The van der Waals surface area contributed by atoms with E-state index in [0.29, 0.717) is 17.5 Å². The minimum Gasteiger partial charge on any atom is -0.309 e. The van der Waals surface area contributed by atoms with E-state index in [-0.39, 0.29) is 0 Å². The lowest BCUT2D eigenvalue weighted by molar-refractivity contribution is 1.07. The van der Waals surface area contributed by atoms with E-state index in [9.17, 15) is 0 Å². The number of fused-ring (bicyclic) bond motifs is 7. The number of nitrogens with zero attached hydrogens (tertiary/aromatic N) is 5. The van der Waals surface area contributed by atoms with E-state index in [1.165, 1.54) is 32.3 Å². The fraction of sp³-hybridized carbons (Fsp3) is 0. The number of hydrogen-bond donors (Lipinski definition) is 0. The van der Waals surface area contributed by atoms with Gasteiger partial charge in [0, 0.05) is 43.8 Å². The monoisotopic (exact) mass is 765 g/mol. The van der Waals surface area contributed by atoms with E-state index in [2.05, 4.69) is 185 Å². The van der Waals surface area contributed by atoms with Crippen molar-refractivity contribution >= 4 is 54.4 Å². The van der Waals surface area contributed by atoms with Crippen LogP contribution < -0.4 is 0 Å². The summed E-state index contributed by atoms with van der Waals surface area (Å²) in [6.45, 7) is 0. The second kappa shape index (κ2) is 13.8. The SMILES string of the molecule is c1ccc(-c2nc(-c3ccccc3)nc(-c3cc(-n4c5ccccc5c5ccccc54)c(-c4cccc5ccccc45)c(-n4c5ccccc5c5ccccc54)c3)n2)cc1. The Balaban J connectivity index is 1.29. The first-order chi connectivity index (χ1) is 29.8. The van der Waals surface area contributed by atoms with Gasteiger partial charge < -0.3 is 9.13 Å². The largest absolute Gasteiger partial charge is 0.309 e. The quantitative estimate of drug-likeness (QED) is 0.169. The summed E-state index contributed by atoms with van der Waals surface area (Å²) in [4.78, 5) is 15.7. The first-order valence-corrected chi connectivity index (χ1v) is 20.3. The molecule has 5 nitrogen and oxygen atoms in total. The number of benzene rings is 9. The molecule has 0 saturated heterocycles. The smallest absolute Gasteiger partial charge is 0.164 e. The van der Waals surface area contributed by atoms with Crippen LogP contribution in [-0.2, 0) is 0 Å². The van der Waals surface area contributed by atoms with Crippen LogP contribution in [0.5, 0.6) is 0 Å². The van der Waals surface area contributed by atoms with Crippen molar-refractivity contribution in [2.45, 2.75) is 0 Å². The van der Waals surface area contributed by atoms with Gasteiger partial charge in [-0.15, -0.1) is 0 Å². The predicted molar refractivity (Wildman–Crippen MR) is 248 cm³/mol. The summed E-state index contributed by atoms with van der Waals surface area (Å²) in [6.07, 6.45) is 0. The lowest BCUT2D eigenvalue weighted by Crippen LogP contribution is -2.06. The Labute approximate surface area is 346 Å². The van der Waals surface area contributed by atoms with Crippen molar-refractivity contribution in [1.29, 1.82) is 0 Å². The van der Waals surface area contributed by atoms with Gasteiger partial charge in [-0.2, -0.15) is 0 Å². The molecule has 0 spiro atoms. The highest BCUT2D eigenvalue weighted by Gasteiger charge is 2.25. The van der Waals surface area contributed by atoms with Gasteiger partial charge in [-0.05, 0) is 52.7 Å². The molecule has 0 amide bonds. The fourth-order valence-corrected chi connectivity index (χ4v) is 9.11. The Bertz CT molecular complexity index is 3300. The zero-order valence-corrected chi connectivity index (χ0v) is 32.4. The number of rotatable bonds is 6. The van der Waals surface area contributed by atoms with E-state index < -0.39 is 0 Å². The van der Waals surface area contributed by atoms with Gasteiger partial charge in [0.15, 0.2) is 17.5 Å². The minimum absolute atomic E-state index is 0.594. The van der Waals surface area contributed by atoms with Gasteiger partial charge in [0.25, 0.3) is 0 Å². The topological polar surface area (TPSA) is 48.5 Å². The van der Waals surface area contributed by atoms with Gasteiger partial charge in [0.2, 0.25) is 0 Å². The van der Waals surface area contributed by atoms with E-state index in [0.717, 1.165) is 61.3 Å². The van der Waals surface area contributed by atoms with Crippen LogP contribution in [0.3, 0.4) is 0 Å². The molecule has 0 aliphatic rings. The second-order valence-corrected chi connectivity index (χ2v) is 15.2. The molecule has 0 radical (unpaired) electrons. The lowest BCUT2D eigenvalue weighted by Gasteiger charge is -2.23. The summed E-state index contributed by atoms with van der Waals surface area (Å²) in [5.41, 5.74) is 11.5. The normalized spacial score (nSPS) is 11.7. The maximum absolute atomic E-state index is 5.31. The van der Waals surface area contributed by atoms with Crippen LogP contribution in [0.1, 0.15) is 0 Å². The highest BCUT2D eigenvalue weighted by molar-refractivity contribution is 6.13. The number of hydrogen-bond acceptors (Lipinski definition) is 3. The van der Waals surface area contributed by atoms with Gasteiger partial charge in [-0.3, -0.25) is 0 Å². The average molecular weight is 766 g/mol. The second-order valence-electron chi connectivity index (χ2n) is 15.2. The molecule has 0 fully saturated rings. The lowest BCUT2D eigenvalue weighted by atomic mass is 9.93. The number of para-hydroxylation sites is 4. The molecule has 0 aliphatic heterocycles. The average Bonchev–Trinajstić information content (AvgIpc) is 3.84. The van der Waals surface area contributed by atoms with Crippen molar-refractivity contribution in [2.75, 3.05) is 0 Å². The molecule has 9 aromatic carbocycles. The summed E-state index contributed by atoms with van der Waals surface area (Å²) in [5, 5.41) is 7.13. The molecule has 0 N–H and O–H groups in total. The third-order valence-corrected chi connectivity index (χ3v) is 11.8. The van der Waals surface area contributed by atoms with Crippen molar-refractivity contribution in [3.05, 3.63) is 212 Å². The first kappa shape index (κ1) is 33.9. The molecule has 3 heterocycles. The molecule has 280 valence electrons. The number of aromatic nitrogens is 5. The van der Waals surface area contributed by atoms with Crippen molar-refractivity contribution in [1.82, 2.24) is 24.1 Å². The molecule has 5 heteroatoms. The zero-order valence-electron chi connectivity index (χ0n) is 32.4. The van der Waals surface area contributed by atoms with E-state index in [4.69, 9.17) is 15.0 Å². The molecule has 12 rings (SSSR count). The van der Waals surface area contributed by atoms with Crippen molar-refractivity contribution in [2.24, 2.45) is 0 Å². The Hall–Kier alpha value is -8.15. The molecule has 0 saturated carbocycles. The molecular formula is C55H35N5. The Morgan fingerprint density at radius 3 is 1.08 bits per heavy atom. The van der Waals surface area contributed by atoms with Gasteiger partial charge in [0.1, 0.15) is 0 Å². The van der Waals surface area contributed by atoms with Crippen LogP contribution in [0, 0.1) is 0 Å². The molecule has 0 aliphatic carbocycles. The Kier molecular flexibility index (Phi) is 7.78. The van der Waals surface area contributed by atoms with Crippen molar-refractivity contribution in [3.63, 3.8) is 0 Å². The zero-order chi connectivity index (χ0) is 39.6. The van der Waals surface area contributed by atoms with Crippen LogP contribution in [0.15, 0.2) is 212 Å². The van der Waals surface area contributed by atoms with Crippen LogP contribution >= 0.6 is 0 Å². The van der Waals surface area contributed by atoms with Gasteiger partial charge >= 0.3 is 0 Å². The summed E-state index contributed by atoms with van der Waals surface area (Å²) in [6, 6.07) is 75.3. The summed E-state index contributed by atoms with van der Waals surface area (Å²) >= 11 is 0. The predicted octanol–water partition coefficient (Wildman–Crippen LogP) is 13.9. The van der Waals surface area contributed by atoms with Crippen molar-refractivity contribution < 1.29 is 0 Å². The molecule has 0 unspecified atom stereocenters. The third kappa shape index (κ3) is 5.37. The van der Waals surface area contributed by atoms with Gasteiger partial charge in [-0.1, -0.05) is 176 Å². The highest BCUT2D eigenvalue weighted by atomic mass is 15.1. The molecule has 3 aromatic heterocycles. The maximum Gasteiger partial charge on any atom is 0.164 e. The van der Waals surface area contributed by atoms with E-state index in [1.54, 1.807) is 0 Å². The summed E-state index contributed by atoms with van der Waals surface area (Å²) in [7, 11) is 0. The fourth-order valence-electron chi connectivity index (χ4n) is 9.11. The van der Waals surface area contributed by atoms with Crippen LogP contribution in [-0.4, -0.2) is 24.1 Å². The summed E-state index contributed by atoms with van der Waals surface area (Å²) in [5.74, 6) is 1.83. The van der Waals surface area contributed by atoms with E-state index >= 15 is 0 Å². The van der Waals surface area contributed by atoms with Crippen LogP contribution in [0.2, 0.25) is 0 Å². The first-order valence-electron chi connectivity index (χ1n) is 20.3. The maximum atomic E-state index is 5.31. The minimum atomic E-state index is 0.594.